The van der Waals surface area contributed by atoms with Crippen molar-refractivity contribution in [2.24, 2.45) is 5.73 Å². The Morgan fingerprint density at radius 3 is 3.00 bits per heavy atom. The van der Waals surface area contributed by atoms with E-state index < -0.39 is 0 Å². The van der Waals surface area contributed by atoms with E-state index in [0.29, 0.717) is 18.2 Å². The second-order valence-electron chi connectivity index (χ2n) is 3.84. The lowest BCUT2D eigenvalue weighted by molar-refractivity contribution is 0.512. The molecule has 0 unspecified atom stereocenters. The molecule has 0 aliphatic carbocycles. The number of nitrogens with zero attached hydrogens (tertiary/aromatic N) is 2. The highest BCUT2D eigenvalue weighted by molar-refractivity contribution is 7.80. The summed E-state index contributed by atoms with van der Waals surface area (Å²) in [7, 11) is 0. The van der Waals surface area contributed by atoms with Crippen molar-refractivity contribution in [3.63, 3.8) is 0 Å². The molecular formula is C12H14N4OS. The van der Waals surface area contributed by atoms with Crippen LogP contribution in [0.3, 0.4) is 0 Å². The highest BCUT2D eigenvalue weighted by atomic mass is 32.1. The Morgan fingerprint density at radius 1 is 1.50 bits per heavy atom. The van der Waals surface area contributed by atoms with Crippen molar-refractivity contribution >= 4 is 23.2 Å². The lowest BCUT2D eigenvalue weighted by atomic mass is 10.3. The fraction of sp³-hybridized carbons (Fsp3) is 0.250. The fourth-order valence-corrected chi connectivity index (χ4v) is 1.63. The van der Waals surface area contributed by atoms with Crippen LogP contribution in [0.25, 0.3) is 0 Å². The summed E-state index contributed by atoms with van der Waals surface area (Å²) in [5.74, 6) is 1.45. The van der Waals surface area contributed by atoms with Gasteiger partial charge in [-0.05, 0) is 25.1 Å². The predicted octanol–water partition coefficient (Wildman–Crippen LogP) is 1.67. The Kier molecular flexibility index (Phi) is 3.88. The topological polar surface area (TPSA) is 77.0 Å². The molecule has 0 aromatic carbocycles. The molecule has 0 saturated heterocycles. The van der Waals surface area contributed by atoms with Gasteiger partial charge in [-0.1, -0.05) is 12.2 Å². The molecule has 3 N–H and O–H groups in total. The third kappa shape index (κ3) is 3.27. The number of thiocarbonyl (C=S) groups is 1. The summed E-state index contributed by atoms with van der Waals surface area (Å²) >= 11 is 4.90. The van der Waals surface area contributed by atoms with Crippen LogP contribution >= 0.6 is 12.2 Å². The lowest BCUT2D eigenvalue weighted by Gasteiger charge is -2.06. The largest absolute Gasteiger partial charge is 0.469 e. The van der Waals surface area contributed by atoms with E-state index in [1.54, 1.807) is 12.3 Å². The number of anilines is 1. The molecule has 0 radical (unpaired) electrons. The summed E-state index contributed by atoms with van der Waals surface area (Å²) in [5.41, 5.74) is 6.96. The van der Waals surface area contributed by atoms with Gasteiger partial charge in [-0.25, -0.2) is 9.97 Å². The maximum Gasteiger partial charge on any atom is 0.223 e. The number of aromatic nitrogens is 2. The van der Waals surface area contributed by atoms with Gasteiger partial charge >= 0.3 is 0 Å². The fourth-order valence-electron chi connectivity index (χ4n) is 1.53. The molecule has 18 heavy (non-hydrogen) atoms. The monoisotopic (exact) mass is 262 g/mol. The van der Waals surface area contributed by atoms with Crippen LogP contribution in [-0.4, -0.2) is 21.5 Å². The van der Waals surface area contributed by atoms with E-state index in [4.69, 9.17) is 22.4 Å². The molecular weight excluding hydrogens is 248 g/mol. The number of hydrogen-bond donors (Lipinski definition) is 2. The van der Waals surface area contributed by atoms with Crippen molar-refractivity contribution in [1.29, 1.82) is 0 Å². The minimum absolute atomic E-state index is 0.273. The molecule has 2 heterocycles. The third-order valence-corrected chi connectivity index (χ3v) is 2.55. The predicted molar refractivity (Wildman–Crippen MR) is 73.6 cm³/mol. The number of nitrogens with two attached hydrogens (primary N) is 1. The molecule has 6 heteroatoms. The lowest BCUT2D eigenvalue weighted by Crippen LogP contribution is -2.15. The van der Waals surface area contributed by atoms with Crippen molar-refractivity contribution in [3.8, 4) is 0 Å². The summed E-state index contributed by atoms with van der Waals surface area (Å²) in [6, 6.07) is 5.56. The van der Waals surface area contributed by atoms with Crippen molar-refractivity contribution in [2.45, 2.75) is 13.3 Å². The summed E-state index contributed by atoms with van der Waals surface area (Å²) in [6.45, 7) is 2.56. The highest BCUT2D eigenvalue weighted by Crippen LogP contribution is 2.06. The van der Waals surface area contributed by atoms with E-state index >= 15 is 0 Å². The number of rotatable bonds is 5. The van der Waals surface area contributed by atoms with Crippen molar-refractivity contribution in [2.75, 3.05) is 11.9 Å². The summed E-state index contributed by atoms with van der Waals surface area (Å²) < 4.78 is 5.24. The molecule has 0 atom stereocenters. The van der Waals surface area contributed by atoms with Gasteiger partial charge in [0.05, 0.1) is 6.26 Å². The molecule has 0 bridgehead atoms. The molecule has 0 amide bonds. The van der Waals surface area contributed by atoms with Gasteiger partial charge in [-0.15, -0.1) is 0 Å². The standard InChI is InChI=1S/C12H14N4OS/c1-8-7-10(11(13)18)16-12(15-8)14-5-4-9-3-2-6-17-9/h2-3,6-7H,4-5H2,1H3,(H2,13,18)(H,14,15,16). The van der Waals surface area contributed by atoms with E-state index in [9.17, 15) is 0 Å². The molecule has 0 aliphatic heterocycles. The summed E-state index contributed by atoms with van der Waals surface area (Å²) in [4.78, 5) is 8.77. The van der Waals surface area contributed by atoms with Gasteiger partial charge in [-0.3, -0.25) is 0 Å². The Hall–Kier alpha value is -1.95. The maximum atomic E-state index is 5.56. The number of nitrogens with one attached hydrogen (secondary N) is 1. The van der Waals surface area contributed by atoms with Gasteiger partial charge in [0.1, 0.15) is 16.4 Å². The average molecular weight is 262 g/mol. The Bertz CT molecular complexity index is 539. The first-order valence-corrected chi connectivity index (χ1v) is 5.98. The van der Waals surface area contributed by atoms with E-state index in [-0.39, 0.29) is 4.99 Å². The zero-order valence-corrected chi connectivity index (χ0v) is 10.8. The van der Waals surface area contributed by atoms with Gasteiger partial charge in [0.15, 0.2) is 0 Å². The summed E-state index contributed by atoms with van der Waals surface area (Å²) in [5, 5.41) is 3.12. The van der Waals surface area contributed by atoms with Crippen LogP contribution in [0.4, 0.5) is 5.95 Å². The van der Waals surface area contributed by atoms with Crippen molar-refractivity contribution < 1.29 is 4.42 Å². The van der Waals surface area contributed by atoms with Crippen LogP contribution in [0.1, 0.15) is 17.1 Å². The average Bonchev–Trinajstić information content (AvgIpc) is 2.81. The Morgan fingerprint density at radius 2 is 2.33 bits per heavy atom. The first kappa shape index (κ1) is 12.5. The Labute approximate surface area is 110 Å². The molecule has 0 spiro atoms. The Balaban J connectivity index is 1.98. The van der Waals surface area contributed by atoms with Gasteiger partial charge in [-0.2, -0.15) is 0 Å². The zero-order valence-electron chi connectivity index (χ0n) is 10.0. The minimum atomic E-state index is 0.273. The molecule has 94 valence electrons. The van der Waals surface area contributed by atoms with Crippen molar-refractivity contribution in [3.05, 3.63) is 41.6 Å². The van der Waals surface area contributed by atoms with E-state index in [2.05, 4.69) is 15.3 Å². The minimum Gasteiger partial charge on any atom is -0.469 e. The van der Waals surface area contributed by atoms with E-state index in [0.717, 1.165) is 17.9 Å². The van der Waals surface area contributed by atoms with Crippen LogP contribution < -0.4 is 11.1 Å². The molecule has 2 aromatic rings. The highest BCUT2D eigenvalue weighted by Gasteiger charge is 2.04. The third-order valence-electron chi connectivity index (χ3n) is 2.34. The number of furan rings is 1. The molecule has 5 nitrogen and oxygen atoms in total. The first-order chi connectivity index (χ1) is 8.65. The van der Waals surface area contributed by atoms with Crippen LogP contribution in [0.5, 0.6) is 0 Å². The van der Waals surface area contributed by atoms with E-state index in [1.807, 2.05) is 19.1 Å². The maximum absolute atomic E-state index is 5.56. The van der Waals surface area contributed by atoms with Gasteiger partial charge in [0, 0.05) is 18.7 Å². The number of hydrogen-bond acceptors (Lipinski definition) is 5. The van der Waals surface area contributed by atoms with Crippen LogP contribution in [0, 0.1) is 6.92 Å². The molecule has 2 rings (SSSR count). The first-order valence-electron chi connectivity index (χ1n) is 5.57. The van der Waals surface area contributed by atoms with Gasteiger partial charge in [0.25, 0.3) is 0 Å². The van der Waals surface area contributed by atoms with Crippen molar-refractivity contribution in [1.82, 2.24) is 9.97 Å². The number of aryl methyl sites for hydroxylation is 1. The molecule has 0 saturated carbocycles. The molecule has 0 aliphatic rings. The molecule has 0 fully saturated rings. The van der Waals surface area contributed by atoms with Gasteiger partial charge in [0.2, 0.25) is 5.95 Å². The van der Waals surface area contributed by atoms with Crippen LogP contribution in [-0.2, 0) is 6.42 Å². The zero-order chi connectivity index (χ0) is 13.0. The van der Waals surface area contributed by atoms with Crippen LogP contribution in [0.2, 0.25) is 0 Å². The SMILES string of the molecule is Cc1cc(C(N)=S)nc(NCCc2ccco2)n1. The van der Waals surface area contributed by atoms with Gasteiger partial charge < -0.3 is 15.5 Å². The van der Waals surface area contributed by atoms with Crippen LogP contribution in [0.15, 0.2) is 28.9 Å². The van der Waals surface area contributed by atoms with E-state index in [1.165, 1.54) is 0 Å². The quantitative estimate of drug-likeness (QED) is 0.798. The smallest absolute Gasteiger partial charge is 0.223 e. The normalized spacial score (nSPS) is 10.3. The second kappa shape index (κ2) is 5.59. The second-order valence-corrected chi connectivity index (χ2v) is 4.28. The summed E-state index contributed by atoms with van der Waals surface area (Å²) in [6.07, 6.45) is 2.43. The molecule has 2 aromatic heterocycles.